The van der Waals surface area contributed by atoms with E-state index in [4.69, 9.17) is 9.84 Å². The number of rotatable bonds is 6. The number of carbonyl (C=O) groups is 2. The molecule has 0 radical (unpaired) electrons. The Bertz CT molecular complexity index is 300. The van der Waals surface area contributed by atoms with Gasteiger partial charge in [-0.2, -0.15) is 0 Å². The van der Waals surface area contributed by atoms with Gasteiger partial charge in [0, 0.05) is 13.2 Å². The predicted octanol–water partition coefficient (Wildman–Crippen LogP) is 0.962. The molecule has 1 rings (SSSR count). The SMILES string of the molecule is COC1CC(NC(=O)NC(CC(C)C)C(=O)O)C1. The first kappa shape index (κ1) is 14.8. The second kappa shape index (κ2) is 6.58. The molecule has 18 heavy (non-hydrogen) atoms. The monoisotopic (exact) mass is 258 g/mol. The van der Waals surface area contributed by atoms with Gasteiger partial charge in [-0.15, -0.1) is 0 Å². The molecule has 0 spiro atoms. The lowest BCUT2D eigenvalue weighted by Gasteiger charge is -2.34. The van der Waals surface area contributed by atoms with Crippen LogP contribution in [-0.2, 0) is 9.53 Å². The Morgan fingerprint density at radius 1 is 1.39 bits per heavy atom. The molecule has 1 unspecified atom stereocenters. The molecular formula is C12H22N2O4. The number of urea groups is 1. The van der Waals surface area contributed by atoms with Crippen LogP contribution in [0.5, 0.6) is 0 Å². The number of carboxylic acids is 1. The molecule has 0 bridgehead atoms. The highest BCUT2D eigenvalue weighted by Gasteiger charge is 2.31. The summed E-state index contributed by atoms with van der Waals surface area (Å²) in [6.45, 7) is 3.84. The van der Waals surface area contributed by atoms with Crippen molar-refractivity contribution in [2.75, 3.05) is 7.11 Å². The summed E-state index contributed by atoms with van der Waals surface area (Å²) in [4.78, 5) is 22.6. The summed E-state index contributed by atoms with van der Waals surface area (Å²) in [5.74, 6) is -0.782. The van der Waals surface area contributed by atoms with Crippen LogP contribution in [0.3, 0.4) is 0 Å². The molecular weight excluding hydrogens is 236 g/mol. The van der Waals surface area contributed by atoms with Gasteiger partial charge in [-0.25, -0.2) is 9.59 Å². The maximum atomic E-state index is 11.6. The van der Waals surface area contributed by atoms with Crippen LogP contribution in [-0.4, -0.2) is 42.4 Å². The number of nitrogens with one attached hydrogen (secondary N) is 2. The Kier molecular flexibility index (Phi) is 5.40. The van der Waals surface area contributed by atoms with E-state index in [9.17, 15) is 9.59 Å². The summed E-state index contributed by atoms with van der Waals surface area (Å²) >= 11 is 0. The Hall–Kier alpha value is -1.30. The maximum absolute atomic E-state index is 11.6. The topological polar surface area (TPSA) is 87.7 Å². The molecule has 0 aromatic rings. The van der Waals surface area contributed by atoms with Crippen molar-refractivity contribution in [3.8, 4) is 0 Å². The van der Waals surface area contributed by atoms with Gasteiger partial charge in [0.05, 0.1) is 6.10 Å². The van der Waals surface area contributed by atoms with Crippen LogP contribution in [0.25, 0.3) is 0 Å². The zero-order valence-corrected chi connectivity index (χ0v) is 11.1. The van der Waals surface area contributed by atoms with Gasteiger partial charge in [-0.3, -0.25) is 0 Å². The van der Waals surface area contributed by atoms with Gasteiger partial charge in [0.25, 0.3) is 0 Å². The fraction of sp³-hybridized carbons (Fsp3) is 0.833. The number of carboxylic acid groups (broad SMARTS) is 1. The zero-order valence-electron chi connectivity index (χ0n) is 11.1. The van der Waals surface area contributed by atoms with E-state index in [1.54, 1.807) is 7.11 Å². The van der Waals surface area contributed by atoms with Crippen molar-refractivity contribution in [2.24, 2.45) is 5.92 Å². The minimum atomic E-state index is -0.998. The first-order valence-corrected chi connectivity index (χ1v) is 6.25. The van der Waals surface area contributed by atoms with Gasteiger partial charge in [0.1, 0.15) is 6.04 Å². The van der Waals surface area contributed by atoms with Crippen LogP contribution < -0.4 is 10.6 Å². The van der Waals surface area contributed by atoms with Crippen molar-refractivity contribution in [3.05, 3.63) is 0 Å². The molecule has 0 aromatic heterocycles. The molecule has 6 heteroatoms. The third kappa shape index (κ3) is 4.52. The first-order valence-electron chi connectivity index (χ1n) is 6.25. The molecule has 6 nitrogen and oxygen atoms in total. The van der Waals surface area contributed by atoms with E-state index in [0.717, 1.165) is 12.8 Å². The number of aliphatic carboxylic acids is 1. The number of amides is 2. The average Bonchev–Trinajstić information content (AvgIpc) is 2.20. The molecule has 0 aliphatic heterocycles. The van der Waals surface area contributed by atoms with Crippen LogP contribution in [0.4, 0.5) is 4.79 Å². The Labute approximate surface area is 107 Å². The number of carbonyl (C=O) groups excluding carboxylic acids is 1. The summed E-state index contributed by atoms with van der Waals surface area (Å²) in [5, 5.41) is 14.2. The highest BCUT2D eigenvalue weighted by atomic mass is 16.5. The molecule has 1 atom stereocenters. The van der Waals surface area contributed by atoms with Gasteiger partial charge < -0.3 is 20.5 Å². The second-order valence-electron chi connectivity index (χ2n) is 5.16. The van der Waals surface area contributed by atoms with Crippen molar-refractivity contribution in [1.82, 2.24) is 10.6 Å². The van der Waals surface area contributed by atoms with E-state index < -0.39 is 18.0 Å². The molecule has 0 saturated heterocycles. The molecule has 0 aromatic carbocycles. The van der Waals surface area contributed by atoms with Crippen LogP contribution in [0.1, 0.15) is 33.1 Å². The maximum Gasteiger partial charge on any atom is 0.326 e. The van der Waals surface area contributed by atoms with Gasteiger partial charge in [-0.05, 0) is 25.2 Å². The molecule has 2 amide bonds. The summed E-state index contributed by atoms with van der Waals surface area (Å²) in [5.41, 5.74) is 0. The number of hydrogen-bond acceptors (Lipinski definition) is 3. The average molecular weight is 258 g/mol. The van der Waals surface area contributed by atoms with E-state index in [2.05, 4.69) is 10.6 Å². The van der Waals surface area contributed by atoms with Crippen molar-refractivity contribution < 1.29 is 19.4 Å². The van der Waals surface area contributed by atoms with Gasteiger partial charge >= 0.3 is 12.0 Å². The molecule has 1 aliphatic rings. The van der Waals surface area contributed by atoms with E-state index in [1.807, 2.05) is 13.8 Å². The van der Waals surface area contributed by atoms with Crippen LogP contribution >= 0.6 is 0 Å². The molecule has 0 heterocycles. The predicted molar refractivity (Wildman–Crippen MR) is 66.4 cm³/mol. The molecule has 1 aliphatic carbocycles. The third-order valence-electron chi connectivity index (χ3n) is 3.07. The Morgan fingerprint density at radius 2 is 2.00 bits per heavy atom. The van der Waals surface area contributed by atoms with E-state index in [-0.39, 0.29) is 18.1 Å². The lowest BCUT2D eigenvalue weighted by molar-refractivity contribution is -0.139. The van der Waals surface area contributed by atoms with Crippen LogP contribution in [0.2, 0.25) is 0 Å². The third-order valence-corrected chi connectivity index (χ3v) is 3.07. The van der Waals surface area contributed by atoms with Gasteiger partial charge in [-0.1, -0.05) is 13.8 Å². The number of methoxy groups -OCH3 is 1. The van der Waals surface area contributed by atoms with Crippen molar-refractivity contribution in [1.29, 1.82) is 0 Å². The van der Waals surface area contributed by atoms with Crippen molar-refractivity contribution >= 4 is 12.0 Å². The van der Waals surface area contributed by atoms with Crippen molar-refractivity contribution in [3.63, 3.8) is 0 Å². The standard InChI is InChI=1S/C12H22N2O4/c1-7(2)4-10(11(15)16)14-12(17)13-8-5-9(6-8)18-3/h7-10H,4-6H2,1-3H3,(H,15,16)(H2,13,14,17). The summed E-state index contributed by atoms with van der Waals surface area (Å²) in [7, 11) is 1.64. The smallest absolute Gasteiger partial charge is 0.326 e. The number of hydrogen-bond donors (Lipinski definition) is 3. The molecule has 3 N–H and O–H groups in total. The highest BCUT2D eigenvalue weighted by molar-refractivity contribution is 5.82. The van der Waals surface area contributed by atoms with E-state index in [0.29, 0.717) is 6.42 Å². The number of ether oxygens (including phenoxy) is 1. The normalized spacial score (nSPS) is 24.2. The zero-order chi connectivity index (χ0) is 13.7. The van der Waals surface area contributed by atoms with E-state index >= 15 is 0 Å². The minimum Gasteiger partial charge on any atom is -0.480 e. The van der Waals surface area contributed by atoms with E-state index in [1.165, 1.54) is 0 Å². The van der Waals surface area contributed by atoms with Gasteiger partial charge in [0.2, 0.25) is 0 Å². The first-order chi connectivity index (χ1) is 8.42. The van der Waals surface area contributed by atoms with Crippen LogP contribution in [0.15, 0.2) is 0 Å². The summed E-state index contributed by atoms with van der Waals surface area (Å²) in [6.07, 6.45) is 2.20. The summed E-state index contributed by atoms with van der Waals surface area (Å²) < 4.78 is 5.10. The Morgan fingerprint density at radius 3 is 2.44 bits per heavy atom. The minimum absolute atomic E-state index is 0.0865. The summed E-state index contributed by atoms with van der Waals surface area (Å²) in [6, 6.07) is -1.16. The molecule has 1 fully saturated rings. The van der Waals surface area contributed by atoms with Crippen molar-refractivity contribution in [2.45, 2.75) is 51.3 Å². The molecule has 104 valence electrons. The molecule has 1 saturated carbocycles. The van der Waals surface area contributed by atoms with Gasteiger partial charge in [0.15, 0.2) is 0 Å². The quantitative estimate of drug-likeness (QED) is 0.662. The Balaban J connectivity index is 2.31. The highest BCUT2D eigenvalue weighted by Crippen LogP contribution is 2.22. The van der Waals surface area contributed by atoms with Crippen LogP contribution in [0, 0.1) is 5.92 Å². The lowest BCUT2D eigenvalue weighted by atomic mass is 9.89. The fourth-order valence-electron chi connectivity index (χ4n) is 1.95. The lowest BCUT2D eigenvalue weighted by Crippen LogP contribution is -2.54. The second-order valence-corrected chi connectivity index (χ2v) is 5.16. The fourth-order valence-corrected chi connectivity index (χ4v) is 1.95. The largest absolute Gasteiger partial charge is 0.480 e.